The summed E-state index contributed by atoms with van der Waals surface area (Å²) < 4.78 is 0. The predicted octanol–water partition coefficient (Wildman–Crippen LogP) is 3.02. The van der Waals surface area contributed by atoms with Gasteiger partial charge in [0.1, 0.15) is 0 Å². The molecule has 0 heterocycles. The average Bonchev–Trinajstić information content (AvgIpc) is 3.16. The van der Waals surface area contributed by atoms with E-state index in [1.54, 1.807) is 0 Å². The van der Waals surface area contributed by atoms with Crippen molar-refractivity contribution in [1.29, 1.82) is 0 Å². The molecular weight excluding hydrogens is 238 g/mol. The second-order valence-corrected chi connectivity index (χ2v) is 5.68. The van der Waals surface area contributed by atoms with E-state index in [0.29, 0.717) is 12.0 Å². The maximum Gasteiger partial charge on any atom is 0.312 e. The Morgan fingerprint density at radius 3 is 2.58 bits per heavy atom. The van der Waals surface area contributed by atoms with Gasteiger partial charge in [-0.3, -0.25) is 4.79 Å². The third kappa shape index (κ3) is 3.80. The van der Waals surface area contributed by atoms with Crippen molar-refractivity contribution in [2.24, 2.45) is 5.41 Å². The maximum atomic E-state index is 11.4. The summed E-state index contributed by atoms with van der Waals surface area (Å²) in [5.74, 6) is -1.20. The molecule has 0 spiro atoms. The average molecular weight is 261 g/mol. The van der Waals surface area contributed by atoms with Crippen molar-refractivity contribution >= 4 is 5.97 Å². The molecule has 2 N–H and O–H groups in total. The second kappa shape index (κ2) is 6.20. The topological polar surface area (TPSA) is 49.3 Å². The molecule has 2 rings (SSSR count). The normalized spacial score (nSPS) is 17.9. The molecule has 1 unspecified atom stereocenters. The van der Waals surface area contributed by atoms with Gasteiger partial charge in [0.05, 0.1) is 5.92 Å². The molecule has 0 aliphatic heterocycles. The van der Waals surface area contributed by atoms with E-state index in [0.717, 1.165) is 12.1 Å². The summed E-state index contributed by atoms with van der Waals surface area (Å²) in [6, 6.07) is 9.48. The Hall–Kier alpha value is -1.35. The van der Waals surface area contributed by atoms with Crippen LogP contribution in [-0.4, -0.2) is 24.2 Å². The fourth-order valence-electron chi connectivity index (χ4n) is 2.74. The van der Waals surface area contributed by atoms with Crippen LogP contribution < -0.4 is 5.32 Å². The lowest BCUT2D eigenvalue weighted by molar-refractivity contribution is -0.138. The van der Waals surface area contributed by atoms with E-state index in [-0.39, 0.29) is 0 Å². The van der Waals surface area contributed by atoms with Crippen LogP contribution in [0.1, 0.15) is 44.1 Å². The summed E-state index contributed by atoms with van der Waals surface area (Å²) in [5.41, 5.74) is 1.34. The monoisotopic (exact) mass is 261 g/mol. The van der Waals surface area contributed by atoms with Crippen LogP contribution in [0.3, 0.4) is 0 Å². The first kappa shape index (κ1) is 14.1. The van der Waals surface area contributed by atoms with Crippen molar-refractivity contribution in [2.45, 2.75) is 38.5 Å². The van der Waals surface area contributed by atoms with Crippen molar-refractivity contribution in [3.63, 3.8) is 0 Å². The standard InChI is InChI=1S/C16H23NO2/c1-2-8-16(9-10-16)12-17-11-14(15(18)19)13-6-4-3-5-7-13/h3-7,14,17H,2,8-12H2,1H3,(H,18,19). The highest BCUT2D eigenvalue weighted by molar-refractivity contribution is 5.76. The fraction of sp³-hybridized carbons (Fsp3) is 0.562. The van der Waals surface area contributed by atoms with Crippen molar-refractivity contribution in [2.75, 3.05) is 13.1 Å². The van der Waals surface area contributed by atoms with Crippen molar-refractivity contribution in [1.82, 2.24) is 5.32 Å². The quantitative estimate of drug-likeness (QED) is 0.756. The zero-order valence-corrected chi connectivity index (χ0v) is 11.6. The Morgan fingerprint density at radius 1 is 1.37 bits per heavy atom. The number of carboxylic acids is 1. The predicted molar refractivity (Wildman–Crippen MR) is 76.3 cm³/mol. The Balaban J connectivity index is 1.87. The first-order chi connectivity index (χ1) is 9.17. The third-order valence-corrected chi connectivity index (χ3v) is 4.09. The molecular formula is C16H23NO2. The van der Waals surface area contributed by atoms with Gasteiger partial charge in [-0.1, -0.05) is 43.7 Å². The van der Waals surface area contributed by atoms with Gasteiger partial charge in [-0.2, -0.15) is 0 Å². The SMILES string of the molecule is CCCC1(CNCC(C(=O)O)c2ccccc2)CC1. The van der Waals surface area contributed by atoms with Crippen LogP contribution in [0.15, 0.2) is 30.3 Å². The number of aliphatic carboxylic acids is 1. The minimum atomic E-state index is -0.751. The van der Waals surface area contributed by atoms with Crippen LogP contribution in [0.25, 0.3) is 0 Å². The van der Waals surface area contributed by atoms with E-state index in [1.165, 1.54) is 25.7 Å². The van der Waals surface area contributed by atoms with Gasteiger partial charge in [0.15, 0.2) is 0 Å². The van der Waals surface area contributed by atoms with Crippen LogP contribution in [0.4, 0.5) is 0 Å². The lowest BCUT2D eigenvalue weighted by Crippen LogP contribution is -2.31. The number of nitrogens with one attached hydrogen (secondary N) is 1. The maximum absolute atomic E-state index is 11.4. The van der Waals surface area contributed by atoms with Gasteiger partial charge in [0, 0.05) is 13.1 Å². The van der Waals surface area contributed by atoms with Crippen LogP contribution in [0.2, 0.25) is 0 Å². The van der Waals surface area contributed by atoms with Gasteiger partial charge in [-0.05, 0) is 30.2 Å². The third-order valence-electron chi connectivity index (χ3n) is 4.09. The van der Waals surface area contributed by atoms with Gasteiger partial charge >= 0.3 is 5.97 Å². The molecule has 1 atom stereocenters. The summed E-state index contributed by atoms with van der Waals surface area (Å²) >= 11 is 0. The molecule has 1 aliphatic carbocycles. The molecule has 1 aromatic rings. The smallest absolute Gasteiger partial charge is 0.312 e. The van der Waals surface area contributed by atoms with E-state index < -0.39 is 11.9 Å². The van der Waals surface area contributed by atoms with Crippen LogP contribution >= 0.6 is 0 Å². The molecule has 104 valence electrons. The Kier molecular flexibility index (Phi) is 4.59. The van der Waals surface area contributed by atoms with Crippen molar-refractivity contribution in [3.8, 4) is 0 Å². The highest BCUT2D eigenvalue weighted by atomic mass is 16.4. The molecule has 0 amide bonds. The fourth-order valence-corrected chi connectivity index (χ4v) is 2.74. The van der Waals surface area contributed by atoms with Gasteiger partial charge in [0.2, 0.25) is 0 Å². The molecule has 1 aromatic carbocycles. The van der Waals surface area contributed by atoms with E-state index in [4.69, 9.17) is 0 Å². The molecule has 1 aliphatic rings. The Morgan fingerprint density at radius 2 is 2.05 bits per heavy atom. The zero-order chi connectivity index (χ0) is 13.7. The van der Waals surface area contributed by atoms with E-state index in [9.17, 15) is 9.90 Å². The number of carboxylic acid groups (broad SMARTS) is 1. The first-order valence-corrected chi connectivity index (χ1v) is 7.15. The Labute approximate surface area is 115 Å². The molecule has 0 radical (unpaired) electrons. The highest BCUT2D eigenvalue weighted by Gasteiger charge is 2.41. The van der Waals surface area contributed by atoms with Crippen LogP contribution in [-0.2, 0) is 4.79 Å². The minimum Gasteiger partial charge on any atom is -0.481 e. The molecule has 0 aromatic heterocycles. The molecule has 3 heteroatoms. The summed E-state index contributed by atoms with van der Waals surface area (Å²) in [4.78, 5) is 11.4. The highest BCUT2D eigenvalue weighted by Crippen LogP contribution is 2.48. The number of hydrogen-bond donors (Lipinski definition) is 2. The first-order valence-electron chi connectivity index (χ1n) is 7.15. The van der Waals surface area contributed by atoms with Gasteiger partial charge in [-0.25, -0.2) is 0 Å². The Bertz CT molecular complexity index is 412. The number of benzene rings is 1. The van der Waals surface area contributed by atoms with Crippen molar-refractivity contribution < 1.29 is 9.90 Å². The summed E-state index contributed by atoms with van der Waals surface area (Å²) in [7, 11) is 0. The zero-order valence-electron chi connectivity index (χ0n) is 11.6. The number of hydrogen-bond acceptors (Lipinski definition) is 2. The van der Waals surface area contributed by atoms with Gasteiger partial charge in [-0.15, -0.1) is 0 Å². The second-order valence-electron chi connectivity index (χ2n) is 5.68. The van der Waals surface area contributed by atoms with Gasteiger partial charge < -0.3 is 10.4 Å². The van der Waals surface area contributed by atoms with E-state index in [2.05, 4.69) is 12.2 Å². The largest absolute Gasteiger partial charge is 0.481 e. The molecule has 1 fully saturated rings. The number of carbonyl (C=O) groups is 1. The molecule has 0 bridgehead atoms. The van der Waals surface area contributed by atoms with Crippen LogP contribution in [0.5, 0.6) is 0 Å². The number of rotatable bonds is 8. The lowest BCUT2D eigenvalue weighted by Gasteiger charge is -2.18. The van der Waals surface area contributed by atoms with E-state index >= 15 is 0 Å². The molecule has 0 saturated heterocycles. The minimum absolute atomic E-state index is 0.446. The molecule has 1 saturated carbocycles. The van der Waals surface area contributed by atoms with Gasteiger partial charge in [0.25, 0.3) is 0 Å². The summed E-state index contributed by atoms with van der Waals surface area (Å²) in [6.45, 7) is 3.69. The molecule has 3 nitrogen and oxygen atoms in total. The lowest BCUT2D eigenvalue weighted by atomic mass is 9.97. The van der Waals surface area contributed by atoms with E-state index in [1.807, 2.05) is 30.3 Å². The van der Waals surface area contributed by atoms with Crippen molar-refractivity contribution in [3.05, 3.63) is 35.9 Å². The summed E-state index contributed by atoms with van der Waals surface area (Å²) in [6.07, 6.45) is 5.04. The summed E-state index contributed by atoms with van der Waals surface area (Å²) in [5, 5.41) is 12.7. The van der Waals surface area contributed by atoms with Crippen LogP contribution in [0, 0.1) is 5.41 Å². The molecule has 19 heavy (non-hydrogen) atoms.